The number of imidazole rings is 1. The first-order chi connectivity index (χ1) is 13.9. The molecule has 0 radical (unpaired) electrons. The highest BCUT2D eigenvalue weighted by Crippen LogP contribution is 2.34. The second-order valence-electron chi connectivity index (χ2n) is 6.11. The summed E-state index contributed by atoms with van der Waals surface area (Å²) in [7, 11) is 3.02. The second kappa shape index (κ2) is 7.08. The number of halogens is 3. The van der Waals surface area contributed by atoms with Gasteiger partial charge in [0.2, 0.25) is 5.88 Å². The van der Waals surface area contributed by atoms with Gasteiger partial charge >= 0.3 is 6.18 Å². The molecule has 3 heterocycles. The first kappa shape index (κ1) is 18.7. The quantitative estimate of drug-likeness (QED) is 0.504. The highest BCUT2D eigenvalue weighted by atomic mass is 19.4. The molecule has 0 aliphatic carbocycles. The highest BCUT2D eigenvalue weighted by molar-refractivity contribution is 5.83. The molecule has 0 saturated heterocycles. The van der Waals surface area contributed by atoms with E-state index < -0.39 is 11.7 Å². The average Bonchev–Trinajstić information content (AvgIpc) is 3.12. The van der Waals surface area contributed by atoms with Crippen molar-refractivity contribution in [2.24, 2.45) is 0 Å². The van der Waals surface area contributed by atoms with Gasteiger partial charge in [0.25, 0.3) is 0 Å². The largest absolute Gasteiger partial charge is 0.495 e. The van der Waals surface area contributed by atoms with Crippen LogP contribution < -0.4 is 9.47 Å². The number of benzene rings is 1. The van der Waals surface area contributed by atoms with E-state index in [-0.39, 0.29) is 5.52 Å². The number of hydrogen-bond acceptors (Lipinski definition) is 5. The molecule has 0 atom stereocenters. The molecule has 4 rings (SSSR count). The summed E-state index contributed by atoms with van der Waals surface area (Å²) in [5, 5.41) is 0. The van der Waals surface area contributed by atoms with Crippen LogP contribution in [0.5, 0.6) is 11.6 Å². The van der Waals surface area contributed by atoms with E-state index in [0.717, 1.165) is 12.1 Å². The van der Waals surface area contributed by atoms with Crippen LogP contribution in [0.2, 0.25) is 0 Å². The van der Waals surface area contributed by atoms with E-state index in [1.807, 2.05) is 0 Å². The fourth-order valence-corrected chi connectivity index (χ4v) is 2.95. The molecule has 0 aliphatic rings. The molecule has 0 unspecified atom stereocenters. The van der Waals surface area contributed by atoms with E-state index in [4.69, 9.17) is 9.47 Å². The van der Waals surface area contributed by atoms with Crippen LogP contribution in [0.1, 0.15) is 5.56 Å². The average molecular weight is 400 g/mol. The maximum atomic E-state index is 13.2. The maximum absolute atomic E-state index is 13.2. The van der Waals surface area contributed by atoms with Crippen molar-refractivity contribution in [1.82, 2.24) is 19.5 Å². The smallest absolute Gasteiger partial charge is 0.416 e. The number of hydrogen-bond donors (Lipinski definition) is 0. The zero-order chi connectivity index (χ0) is 20.6. The number of fused-ring (bicyclic) bond motifs is 1. The summed E-state index contributed by atoms with van der Waals surface area (Å²) in [6, 6.07) is 10.3. The normalized spacial score (nSPS) is 11.6. The van der Waals surface area contributed by atoms with Crippen molar-refractivity contribution in [1.29, 1.82) is 0 Å². The minimum atomic E-state index is -4.46. The lowest BCUT2D eigenvalue weighted by molar-refractivity contribution is -0.137. The molecule has 4 aromatic rings. The molecule has 1 aromatic carbocycles. The standard InChI is InChI=1S/C20H15F3N4O2/c1-28-14-5-6-15(24-11-14)19-26-16-9-12(20(21,22)23)3-7-17(16)27(19)13-4-8-18(29-2)25-10-13/h3-11H,1-2H3. The first-order valence-electron chi connectivity index (χ1n) is 8.51. The van der Waals surface area contributed by atoms with Crippen LogP contribution in [-0.2, 0) is 6.18 Å². The minimum absolute atomic E-state index is 0.197. The van der Waals surface area contributed by atoms with Gasteiger partial charge in [-0.1, -0.05) is 0 Å². The first-order valence-corrected chi connectivity index (χ1v) is 8.51. The van der Waals surface area contributed by atoms with Crippen LogP contribution in [0.4, 0.5) is 13.2 Å². The van der Waals surface area contributed by atoms with Crippen LogP contribution in [0.25, 0.3) is 28.2 Å². The maximum Gasteiger partial charge on any atom is 0.416 e. The Balaban J connectivity index is 1.95. The summed E-state index contributed by atoms with van der Waals surface area (Å²) in [5.41, 5.74) is 1.02. The van der Waals surface area contributed by atoms with E-state index in [9.17, 15) is 13.2 Å². The van der Waals surface area contributed by atoms with Crippen molar-refractivity contribution in [2.75, 3.05) is 14.2 Å². The Hall–Kier alpha value is -3.62. The number of nitrogens with zero attached hydrogens (tertiary/aromatic N) is 4. The van der Waals surface area contributed by atoms with Gasteiger partial charge in [-0.25, -0.2) is 15.0 Å². The molecule has 0 fully saturated rings. The number of aromatic nitrogens is 4. The van der Waals surface area contributed by atoms with Gasteiger partial charge in [0, 0.05) is 6.07 Å². The zero-order valence-corrected chi connectivity index (χ0v) is 15.4. The Kier molecular flexibility index (Phi) is 4.57. The van der Waals surface area contributed by atoms with E-state index in [1.54, 1.807) is 35.0 Å². The van der Waals surface area contributed by atoms with Crippen molar-refractivity contribution < 1.29 is 22.6 Å². The molecular weight excluding hydrogens is 385 g/mol. The van der Waals surface area contributed by atoms with Crippen molar-refractivity contribution in [3.8, 4) is 28.8 Å². The molecule has 0 N–H and O–H groups in total. The van der Waals surface area contributed by atoms with E-state index >= 15 is 0 Å². The summed E-state index contributed by atoms with van der Waals surface area (Å²) in [6.45, 7) is 0. The lowest BCUT2D eigenvalue weighted by atomic mass is 10.2. The summed E-state index contributed by atoms with van der Waals surface area (Å²) < 4.78 is 51.4. The molecule has 6 nitrogen and oxygen atoms in total. The van der Waals surface area contributed by atoms with Crippen LogP contribution in [0.15, 0.2) is 54.9 Å². The van der Waals surface area contributed by atoms with Crippen molar-refractivity contribution in [3.63, 3.8) is 0 Å². The molecule has 0 saturated carbocycles. The SMILES string of the molecule is COc1ccc(-c2nc3cc(C(F)(F)F)ccc3n2-c2ccc(OC)nc2)nc1. The van der Waals surface area contributed by atoms with Crippen molar-refractivity contribution in [2.45, 2.75) is 6.18 Å². The lowest BCUT2D eigenvalue weighted by Gasteiger charge is -2.10. The van der Waals surface area contributed by atoms with Gasteiger partial charge in [-0.3, -0.25) is 4.57 Å². The van der Waals surface area contributed by atoms with Gasteiger partial charge < -0.3 is 9.47 Å². The van der Waals surface area contributed by atoms with E-state index in [2.05, 4.69) is 15.0 Å². The monoisotopic (exact) mass is 400 g/mol. The Labute approximate surface area is 163 Å². The van der Waals surface area contributed by atoms with Crippen LogP contribution in [0, 0.1) is 0 Å². The molecule has 9 heteroatoms. The van der Waals surface area contributed by atoms with Gasteiger partial charge in [-0.2, -0.15) is 13.2 Å². The minimum Gasteiger partial charge on any atom is -0.495 e. The molecule has 148 valence electrons. The molecule has 0 amide bonds. The third kappa shape index (κ3) is 3.46. The molecule has 29 heavy (non-hydrogen) atoms. The highest BCUT2D eigenvalue weighted by Gasteiger charge is 2.31. The number of rotatable bonds is 4. The summed E-state index contributed by atoms with van der Waals surface area (Å²) in [6.07, 6.45) is -1.38. The van der Waals surface area contributed by atoms with Gasteiger partial charge in [0.1, 0.15) is 11.4 Å². The summed E-state index contributed by atoms with van der Waals surface area (Å²) in [5.74, 6) is 1.36. The Bertz CT molecular complexity index is 1150. The molecular formula is C20H15F3N4O2. The van der Waals surface area contributed by atoms with Crippen molar-refractivity contribution >= 4 is 11.0 Å². The van der Waals surface area contributed by atoms with E-state index in [0.29, 0.717) is 34.4 Å². The van der Waals surface area contributed by atoms with Crippen LogP contribution >= 0.6 is 0 Å². The number of ether oxygens (including phenoxy) is 2. The Morgan fingerprint density at radius 1 is 0.897 bits per heavy atom. The van der Waals surface area contributed by atoms with Crippen molar-refractivity contribution in [3.05, 3.63) is 60.4 Å². The van der Waals surface area contributed by atoms with Crippen LogP contribution in [0.3, 0.4) is 0 Å². The van der Waals surface area contributed by atoms with Crippen LogP contribution in [-0.4, -0.2) is 33.7 Å². The number of methoxy groups -OCH3 is 2. The summed E-state index contributed by atoms with van der Waals surface area (Å²) in [4.78, 5) is 13.0. The van der Waals surface area contributed by atoms with Gasteiger partial charge in [0.15, 0.2) is 5.82 Å². The third-order valence-corrected chi connectivity index (χ3v) is 4.37. The number of alkyl halides is 3. The van der Waals surface area contributed by atoms with Gasteiger partial charge in [-0.05, 0) is 36.4 Å². The van der Waals surface area contributed by atoms with E-state index in [1.165, 1.54) is 26.5 Å². The topological polar surface area (TPSA) is 62.1 Å². The van der Waals surface area contributed by atoms with Gasteiger partial charge in [0.05, 0.1) is 48.9 Å². The summed E-state index contributed by atoms with van der Waals surface area (Å²) >= 11 is 0. The molecule has 0 aliphatic heterocycles. The zero-order valence-electron chi connectivity index (χ0n) is 15.4. The number of pyridine rings is 2. The Morgan fingerprint density at radius 2 is 1.72 bits per heavy atom. The lowest BCUT2D eigenvalue weighted by Crippen LogP contribution is -2.04. The van der Waals surface area contributed by atoms with Gasteiger partial charge in [-0.15, -0.1) is 0 Å². The third-order valence-electron chi connectivity index (χ3n) is 4.37. The molecule has 0 spiro atoms. The molecule has 0 bridgehead atoms. The fraction of sp³-hybridized carbons (Fsp3) is 0.150. The Morgan fingerprint density at radius 3 is 2.31 bits per heavy atom. The second-order valence-corrected chi connectivity index (χ2v) is 6.11. The fourth-order valence-electron chi connectivity index (χ4n) is 2.95. The predicted molar refractivity (Wildman–Crippen MR) is 100 cm³/mol. The molecule has 3 aromatic heterocycles. The predicted octanol–water partition coefficient (Wildman–Crippen LogP) is 4.52.